The van der Waals surface area contributed by atoms with Gasteiger partial charge in [-0.25, -0.2) is 4.68 Å². The molecule has 2 rings (SSSR count). The molecule has 1 N–H and O–H groups in total. The van der Waals surface area contributed by atoms with Gasteiger partial charge in [0.15, 0.2) is 0 Å². The molecule has 0 spiro atoms. The van der Waals surface area contributed by atoms with E-state index in [0.29, 0.717) is 0 Å². The van der Waals surface area contributed by atoms with Crippen LogP contribution < -0.4 is 5.32 Å². The van der Waals surface area contributed by atoms with Gasteiger partial charge in [-0.1, -0.05) is 6.92 Å². The van der Waals surface area contributed by atoms with E-state index < -0.39 is 0 Å². The zero-order valence-electron chi connectivity index (χ0n) is 9.02. The van der Waals surface area contributed by atoms with Gasteiger partial charge in [-0.2, -0.15) is 5.10 Å². The number of nitrogens with zero attached hydrogens (tertiary/aromatic N) is 3. The molecular weight excluding hydrogens is 315 g/mol. The largest absolute Gasteiger partial charge is 0.313 e. The molecule has 2 heterocycles. The molecule has 2 aromatic rings. The monoisotopic (exact) mass is 328 g/mol. The molecule has 0 amide bonds. The first-order valence-corrected chi connectivity index (χ1v) is 6.23. The second-order valence-electron chi connectivity index (χ2n) is 3.39. The fourth-order valence-electron chi connectivity index (χ4n) is 1.47. The third-order valence-corrected chi connectivity index (χ3v) is 2.80. The number of hydrogen-bond donors (Lipinski definition) is 1. The minimum absolute atomic E-state index is 0.816. The number of rotatable bonds is 4. The summed E-state index contributed by atoms with van der Waals surface area (Å²) in [5, 5.41) is 7.61. The van der Waals surface area contributed by atoms with E-state index in [4.69, 9.17) is 0 Å². The standard InChI is InChI=1S/C11H13IN4/c1-2-13-5-9-6-14-4-3-11(9)16-8-10(12)7-15-16/h3-4,6-8,13H,2,5H2,1H3. The van der Waals surface area contributed by atoms with Crippen LogP contribution in [0.4, 0.5) is 0 Å². The van der Waals surface area contributed by atoms with E-state index in [-0.39, 0.29) is 0 Å². The molecule has 0 atom stereocenters. The van der Waals surface area contributed by atoms with Crippen LogP contribution in [0.2, 0.25) is 0 Å². The van der Waals surface area contributed by atoms with E-state index in [1.54, 1.807) is 6.20 Å². The summed E-state index contributed by atoms with van der Waals surface area (Å²) in [5.41, 5.74) is 2.24. The van der Waals surface area contributed by atoms with Crippen LogP contribution in [-0.4, -0.2) is 21.3 Å². The number of hydrogen-bond acceptors (Lipinski definition) is 3. The van der Waals surface area contributed by atoms with Gasteiger partial charge in [-0.05, 0) is 35.2 Å². The Labute approximate surface area is 108 Å². The molecule has 84 valence electrons. The fraction of sp³-hybridized carbons (Fsp3) is 0.273. The van der Waals surface area contributed by atoms with Gasteiger partial charge in [-0.15, -0.1) is 0 Å². The van der Waals surface area contributed by atoms with Crippen LogP contribution >= 0.6 is 22.6 Å². The Hall–Kier alpha value is -0.950. The molecule has 0 fully saturated rings. The molecule has 0 saturated carbocycles. The van der Waals surface area contributed by atoms with Gasteiger partial charge >= 0.3 is 0 Å². The molecule has 0 bridgehead atoms. The van der Waals surface area contributed by atoms with Gasteiger partial charge in [0, 0.05) is 30.7 Å². The lowest BCUT2D eigenvalue weighted by Crippen LogP contribution is -2.14. The summed E-state index contributed by atoms with van der Waals surface area (Å²) < 4.78 is 3.01. The SMILES string of the molecule is CCNCc1cnccc1-n1cc(I)cn1. The maximum Gasteiger partial charge on any atom is 0.0721 e. The number of aromatic nitrogens is 3. The molecule has 4 nitrogen and oxygen atoms in total. The van der Waals surface area contributed by atoms with Crippen molar-refractivity contribution in [3.05, 3.63) is 40.0 Å². The van der Waals surface area contributed by atoms with Crippen LogP contribution in [0.3, 0.4) is 0 Å². The molecule has 0 saturated heterocycles. The van der Waals surface area contributed by atoms with Crippen molar-refractivity contribution in [2.45, 2.75) is 13.5 Å². The van der Waals surface area contributed by atoms with Gasteiger partial charge < -0.3 is 5.32 Å². The summed E-state index contributed by atoms with van der Waals surface area (Å²) in [4.78, 5) is 4.15. The van der Waals surface area contributed by atoms with Crippen LogP contribution in [-0.2, 0) is 6.54 Å². The summed E-state index contributed by atoms with van der Waals surface area (Å²) >= 11 is 2.25. The summed E-state index contributed by atoms with van der Waals surface area (Å²) in [6.45, 7) is 3.86. The zero-order valence-corrected chi connectivity index (χ0v) is 11.2. The quantitative estimate of drug-likeness (QED) is 0.873. The van der Waals surface area contributed by atoms with E-state index >= 15 is 0 Å². The lowest BCUT2D eigenvalue weighted by molar-refractivity contribution is 0.714. The average Bonchev–Trinajstić information content (AvgIpc) is 2.73. The first-order chi connectivity index (χ1) is 7.81. The van der Waals surface area contributed by atoms with Gasteiger partial charge in [-0.3, -0.25) is 4.98 Å². The Kier molecular flexibility index (Phi) is 3.89. The highest BCUT2D eigenvalue weighted by molar-refractivity contribution is 14.1. The van der Waals surface area contributed by atoms with E-state index in [9.17, 15) is 0 Å². The van der Waals surface area contributed by atoms with Crippen molar-refractivity contribution >= 4 is 22.6 Å². The third kappa shape index (κ3) is 2.59. The van der Waals surface area contributed by atoms with E-state index in [1.165, 1.54) is 0 Å². The number of nitrogens with one attached hydrogen (secondary N) is 1. The van der Waals surface area contributed by atoms with E-state index in [2.05, 4.69) is 44.9 Å². The minimum Gasteiger partial charge on any atom is -0.313 e. The van der Waals surface area contributed by atoms with Crippen molar-refractivity contribution < 1.29 is 0 Å². The van der Waals surface area contributed by atoms with Gasteiger partial charge in [0.05, 0.1) is 15.5 Å². The van der Waals surface area contributed by atoms with Crippen molar-refractivity contribution in [2.75, 3.05) is 6.54 Å². The predicted octanol–water partition coefficient (Wildman–Crippen LogP) is 1.98. The normalized spacial score (nSPS) is 10.6. The van der Waals surface area contributed by atoms with E-state index in [1.807, 2.05) is 29.3 Å². The number of pyridine rings is 1. The minimum atomic E-state index is 0.816. The highest BCUT2D eigenvalue weighted by Crippen LogP contribution is 2.13. The molecule has 0 aliphatic rings. The van der Waals surface area contributed by atoms with Crippen molar-refractivity contribution in [3.8, 4) is 5.69 Å². The summed E-state index contributed by atoms with van der Waals surface area (Å²) in [6.07, 6.45) is 7.52. The van der Waals surface area contributed by atoms with E-state index in [0.717, 1.165) is 27.9 Å². The lowest BCUT2D eigenvalue weighted by Gasteiger charge is -2.08. The Bertz CT molecular complexity index is 467. The molecule has 0 aromatic carbocycles. The molecule has 0 aliphatic heterocycles. The van der Waals surface area contributed by atoms with Crippen LogP contribution in [0.1, 0.15) is 12.5 Å². The van der Waals surface area contributed by atoms with Gasteiger partial charge in [0.25, 0.3) is 0 Å². The highest BCUT2D eigenvalue weighted by atomic mass is 127. The summed E-state index contributed by atoms with van der Waals surface area (Å²) in [6, 6.07) is 1.98. The smallest absolute Gasteiger partial charge is 0.0721 e. The molecule has 16 heavy (non-hydrogen) atoms. The Morgan fingerprint density at radius 2 is 2.31 bits per heavy atom. The molecule has 0 unspecified atom stereocenters. The Morgan fingerprint density at radius 3 is 3.00 bits per heavy atom. The van der Waals surface area contributed by atoms with Crippen molar-refractivity contribution in [2.24, 2.45) is 0 Å². The third-order valence-electron chi connectivity index (χ3n) is 2.24. The van der Waals surface area contributed by atoms with Crippen molar-refractivity contribution in [1.82, 2.24) is 20.1 Å². The van der Waals surface area contributed by atoms with Crippen molar-refractivity contribution in [1.29, 1.82) is 0 Å². The maximum atomic E-state index is 4.31. The van der Waals surface area contributed by atoms with Crippen LogP contribution in [0.5, 0.6) is 0 Å². The topological polar surface area (TPSA) is 42.7 Å². The summed E-state index contributed by atoms with van der Waals surface area (Å²) in [7, 11) is 0. The number of halogens is 1. The average molecular weight is 328 g/mol. The second kappa shape index (κ2) is 5.40. The summed E-state index contributed by atoms with van der Waals surface area (Å²) in [5.74, 6) is 0. The maximum absolute atomic E-state index is 4.31. The zero-order chi connectivity index (χ0) is 11.4. The molecule has 5 heteroatoms. The van der Waals surface area contributed by atoms with Gasteiger partial charge in [0.1, 0.15) is 0 Å². The van der Waals surface area contributed by atoms with Gasteiger partial charge in [0.2, 0.25) is 0 Å². The molecule has 0 aliphatic carbocycles. The van der Waals surface area contributed by atoms with Crippen LogP contribution in [0, 0.1) is 3.57 Å². The van der Waals surface area contributed by atoms with Crippen LogP contribution in [0.25, 0.3) is 5.69 Å². The lowest BCUT2D eigenvalue weighted by atomic mass is 10.2. The predicted molar refractivity (Wildman–Crippen MR) is 71.5 cm³/mol. The van der Waals surface area contributed by atoms with Crippen molar-refractivity contribution in [3.63, 3.8) is 0 Å². The molecule has 2 aromatic heterocycles. The fourth-order valence-corrected chi connectivity index (χ4v) is 1.86. The second-order valence-corrected chi connectivity index (χ2v) is 4.63. The first kappa shape index (κ1) is 11.5. The van der Waals surface area contributed by atoms with Crippen LogP contribution in [0.15, 0.2) is 30.9 Å². The molecule has 0 radical (unpaired) electrons. The highest BCUT2D eigenvalue weighted by Gasteiger charge is 2.05. The molecular formula is C11H13IN4. The Morgan fingerprint density at radius 1 is 1.44 bits per heavy atom. The Balaban J connectivity index is 2.32. The first-order valence-electron chi connectivity index (χ1n) is 5.15.